The van der Waals surface area contributed by atoms with Crippen molar-refractivity contribution in [1.29, 1.82) is 0 Å². The van der Waals surface area contributed by atoms with Gasteiger partial charge in [-0.3, -0.25) is 9.59 Å². The van der Waals surface area contributed by atoms with Gasteiger partial charge in [-0.15, -0.1) is 6.58 Å². The molecule has 0 saturated carbocycles. The van der Waals surface area contributed by atoms with Gasteiger partial charge in [0.25, 0.3) is 0 Å². The normalized spacial score (nSPS) is 11.2. The summed E-state index contributed by atoms with van der Waals surface area (Å²) in [6.45, 7) is 6.40. The monoisotopic (exact) mass is 376 g/mol. The molecule has 0 radical (unpaired) electrons. The highest BCUT2D eigenvalue weighted by molar-refractivity contribution is 6.05. The third-order valence-electron chi connectivity index (χ3n) is 4.66. The van der Waals surface area contributed by atoms with Crippen LogP contribution >= 0.6 is 0 Å². The van der Waals surface area contributed by atoms with Gasteiger partial charge in [0.05, 0.1) is 0 Å². The molecule has 0 atom stereocenters. The number of rotatable bonds is 10. The van der Waals surface area contributed by atoms with E-state index in [4.69, 9.17) is 0 Å². The number of hydrogen-bond acceptors (Lipinski definition) is 2. The molecule has 2 amide bonds. The van der Waals surface area contributed by atoms with E-state index in [2.05, 4.69) is 17.2 Å². The van der Waals surface area contributed by atoms with Crippen molar-refractivity contribution in [3.05, 3.63) is 96.6 Å². The molecule has 4 nitrogen and oxygen atoms in total. The minimum Gasteiger partial charge on any atom is -0.351 e. The molecule has 0 saturated heterocycles. The molecule has 0 aliphatic carbocycles. The molecule has 2 aromatic carbocycles. The van der Waals surface area contributed by atoms with Crippen molar-refractivity contribution >= 4 is 11.8 Å². The molecular formula is C24H28N2O2. The zero-order chi connectivity index (χ0) is 20.2. The molecule has 4 heteroatoms. The molecule has 0 spiro atoms. The van der Waals surface area contributed by atoms with Crippen LogP contribution in [-0.2, 0) is 22.7 Å². The molecule has 2 N–H and O–H groups in total. The van der Waals surface area contributed by atoms with Gasteiger partial charge in [-0.05, 0) is 30.9 Å². The molecule has 0 aromatic heterocycles. The first kappa shape index (κ1) is 21.2. The number of amides is 2. The number of nitrogens with one attached hydrogen (secondary N) is 2. The maximum Gasteiger partial charge on any atom is 0.236 e. The quantitative estimate of drug-likeness (QED) is 0.483. The Balaban J connectivity index is 2.17. The smallest absolute Gasteiger partial charge is 0.236 e. The van der Waals surface area contributed by atoms with E-state index in [1.165, 1.54) is 0 Å². The van der Waals surface area contributed by atoms with Crippen LogP contribution in [0.25, 0.3) is 0 Å². The number of benzene rings is 2. The zero-order valence-corrected chi connectivity index (χ0v) is 16.4. The van der Waals surface area contributed by atoms with Crippen molar-refractivity contribution in [2.45, 2.75) is 32.9 Å². The third-order valence-corrected chi connectivity index (χ3v) is 4.66. The first-order valence-corrected chi connectivity index (χ1v) is 9.49. The Hall–Kier alpha value is -3.14. The van der Waals surface area contributed by atoms with Gasteiger partial charge in [-0.1, -0.05) is 78.9 Å². The van der Waals surface area contributed by atoms with Crippen molar-refractivity contribution in [3.63, 3.8) is 0 Å². The highest BCUT2D eigenvalue weighted by Gasteiger charge is 2.43. The lowest BCUT2D eigenvalue weighted by atomic mass is 9.78. The number of allylic oxidation sites excluding steroid dienone is 3. The minimum atomic E-state index is -1.22. The first-order chi connectivity index (χ1) is 13.6. The van der Waals surface area contributed by atoms with E-state index < -0.39 is 5.41 Å². The van der Waals surface area contributed by atoms with Gasteiger partial charge in [0.2, 0.25) is 11.8 Å². The van der Waals surface area contributed by atoms with Gasteiger partial charge in [0.1, 0.15) is 5.41 Å². The number of carbonyl (C=O) groups is 2. The maximum atomic E-state index is 13.1. The van der Waals surface area contributed by atoms with Crippen molar-refractivity contribution < 1.29 is 9.59 Å². The summed E-state index contributed by atoms with van der Waals surface area (Å²) in [6, 6.07) is 19.3. The molecule has 28 heavy (non-hydrogen) atoms. The second-order valence-corrected chi connectivity index (χ2v) is 6.68. The lowest BCUT2D eigenvalue weighted by Crippen LogP contribution is -2.50. The van der Waals surface area contributed by atoms with Crippen LogP contribution in [0.5, 0.6) is 0 Å². The second-order valence-electron chi connectivity index (χ2n) is 6.68. The van der Waals surface area contributed by atoms with Crippen LogP contribution in [0.15, 0.2) is 85.5 Å². The van der Waals surface area contributed by atoms with Gasteiger partial charge < -0.3 is 10.6 Å². The SMILES string of the molecule is C=CCC(CC=CC)(C(=O)NCc1ccccc1)C(=O)NCc1ccccc1. The van der Waals surface area contributed by atoms with Crippen molar-refractivity contribution in [1.82, 2.24) is 10.6 Å². The number of hydrogen-bond donors (Lipinski definition) is 2. The molecule has 0 bridgehead atoms. The summed E-state index contributed by atoms with van der Waals surface area (Å²) in [4.78, 5) is 26.3. The van der Waals surface area contributed by atoms with Crippen molar-refractivity contribution in [2.75, 3.05) is 0 Å². The summed E-state index contributed by atoms with van der Waals surface area (Å²) < 4.78 is 0. The standard InChI is InChI=1S/C24H28N2O2/c1-3-5-17-24(16-4-2,22(27)25-18-20-12-8-6-9-13-20)23(28)26-19-21-14-10-7-11-15-21/h3-15H,2,16-19H2,1H3,(H,25,27)(H,26,28). The zero-order valence-electron chi connectivity index (χ0n) is 16.4. The maximum absolute atomic E-state index is 13.1. The highest BCUT2D eigenvalue weighted by atomic mass is 16.2. The summed E-state index contributed by atoms with van der Waals surface area (Å²) in [5, 5.41) is 5.86. The van der Waals surface area contributed by atoms with Gasteiger partial charge >= 0.3 is 0 Å². The second kappa shape index (κ2) is 10.9. The summed E-state index contributed by atoms with van der Waals surface area (Å²) in [6.07, 6.45) is 5.92. The van der Waals surface area contributed by atoms with E-state index in [1.54, 1.807) is 6.08 Å². The predicted molar refractivity (Wildman–Crippen MR) is 113 cm³/mol. The molecular weight excluding hydrogens is 348 g/mol. The van der Waals surface area contributed by atoms with Crippen LogP contribution in [-0.4, -0.2) is 11.8 Å². The van der Waals surface area contributed by atoms with E-state index in [1.807, 2.05) is 79.7 Å². The van der Waals surface area contributed by atoms with Crippen molar-refractivity contribution in [3.8, 4) is 0 Å². The summed E-state index contributed by atoms with van der Waals surface area (Å²) in [5.74, 6) is -0.583. The Morgan fingerprint density at radius 2 is 1.32 bits per heavy atom. The Morgan fingerprint density at radius 3 is 1.71 bits per heavy atom. The Morgan fingerprint density at radius 1 is 0.857 bits per heavy atom. The molecule has 2 rings (SSSR count). The molecule has 0 aliphatic heterocycles. The Labute approximate surface area is 167 Å². The largest absolute Gasteiger partial charge is 0.351 e. The van der Waals surface area contributed by atoms with Crippen LogP contribution in [0.1, 0.15) is 30.9 Å². The summed E-state index contributed by atoms with van der Waals surface area (Å²) in [5.41, 5.74) is 0.746. The molecule has 0 unspecified atom stereocenters. The molecule has 2 aromatic rings. The summed E-state index contributed by atoms with van der Waals surface area (Å²) >= 11 is 0. The Bertz CT molecular complexity index is 742. The summed E-state index contributed by atoms with van der Waals surface area (Å²) in [7, 11) is 0. The molecule has 0 fully saturated rings. The van der Waals surface area contributed by atoms with Gasteiger partial charge in [0.15, 0.2) is 0 Å². The lowest BCUT2D eigenvalue weighted by Gasteiger charge is -2.29. The van der Waals surface area contributed by atoms with Crippen LogP contribution in [0.3, 0.4) is 0 Å². The average Bonchev–Trinajstić information content (AvgIpc) is 2.74. The van der Waals surface area contributed by atoms with E-state index in [-0.39, 0.29) is 18.2 Å². The fourth-order valence-corrected chi connectivity index (χ4v) is 3.02. The van der Waals surface area contributed by atoms with E-state index in [0.29, 0.717) is 19.5 Å². The fourth-order valence-electron chi connectivity index (χ4n) is 3.02. The highest BCUT2D eigenvalue weighted by Crippen LogP contribution is 2.29. The first-order valence-electron chi connectivity index (χ1n) is 9.49. The van der Waals surface area contributed by atoms with Crippen LogP contribution in [0.2, 0.25) is 0 Å². The predicted octanol–water partition coefficient (Wildman–Crippen LogP) is 4.15. The minimum absolute atomic E-state index is 0.262. The van der Waals surface area contributed by atoms with E-state index in [0.717, 1.165) is 11.1 Å². The van der Waals surface area contributed by atoms with Gasteiger partial charge in [-0.25, -0.2) is 0 Å². The van der Waals surface area contributed by atoms with Crippen LogP contribution < -0.4 is 10.6 Å². The third kappa shape index (κ3) is 5.68. The van der Waals surface area contributed by atoms with E-state index >= 15 is 0 Å². The molecule has 0 aliphatic rings. The van der Waals surface area contributed by atoms with E-state index in [9.17, 15) is 9.59 Å². The van der Waals surface area contributed by atoms with Crippen molar-refractivity contribution in [2.24, 2.45) is 5.41 Å². The fraction of sp³-hybridized carbons (Fsp3) is 0.250. The lowest BCUT2D eigenvalue weighted by molar-refractivity contribution is -0.143. The van der Waals surface area contributed by atoms with Crippen LogP contribution in [0, 0.1) is 5.41 Å². The van der Waals surface area contributed by atoms with Crippen LogP contribution in [0.4, 0.5) is 0 Å². The molecule has 0 heterocycles. The van der Waals surface area contributed by atoms with Gasteiger partial charge in [-0.2, -0.15) is 0 Å². The topological polar surface area (TPSA) is 58.2 Å². The van der Waals surface area contributed by atoms with Gasteiger partial charge in [0, 0.05) is 13.1 Å². The average molecular weight is 377 g/mol. The molecule has 146 valence electrons. The number of carbonyl (C=O) groups excluding carboxylic acids is 2. The Kier molecular flexibility index (Phi) is 8.22.